The van der Waals surface area contributed by atoms with Gasteiger partial charge in [-0.05, 0) is 0 Å². The van der Waals surface area contributed by atoms with E-state index in [1.165, 1.54) is 7.11 Å². The number of hydrogen-bond acceptors (Lipinski definition) is 3. The number of carbonyl (C=O) groups is 2. The van der Waals surface area contributed by atoms with Gasteiger partial charge in [-0.25, -0.2) is 4.79 Å². The number of Topliss-reactive ketones (excluding diaryl/α,β-unsaturated/α-hetero) is 1. The van der Waals surface area contributed by atoms with Crippen LogP contribution in [0.3, 0.4) is 0 Å². The van der Waals surface area contributed by atoms with Gasteiger partial charge in [-0.3, -0.25) is 4.79 Å². The molecular weight excluding hydrogens is 134 g/mol. The van der Waals surface area contributed by atoms with Crippen molar-refractivity contribution in [1.29, 1.82) is 0 Å². The van der Waals surface area contributed by atoms with E-state index in [1.54, 1.807) is 0 Å². The molecule has 0 spiro atoms. The predicted molar refractivity (Wildman–Crippen MR) is 33.6 cm³/mol. The van der Waals surface area contributed by atoms with E-state index in [0.29, 0.717) is 12.8 Å². The quantitative estimate of drug-likeness (QED) is 0.565. The van der Waals surface area contributed by atoms with Crippen LogP contribution in [0, 0.1) is 0 Å². The number of rotatable bonds is 1. The zero-order valence-electron chi connectivity index (χ0n) is 5.72. The second-order valence-electron chi connectivity index (χ2n) is 2.28. The van der Waals surface area contributed by atoms with Gasteiger partial charge in [0.25, 0.3) is 0 Å². The standard InChI is InChI=1S/C6H9NO3/c1-10-6(9)7-4-2-5(8)3-4/h4H,2-3H2,1H3,(H,7,9). The Balaban J connectivity index is 2.16. The van der Waals surface area contributed by atoms with E-state index in [-0.39, 0.29) is 11.8 Å². The van der Waals surface area contributed by atoms with Gasteiger partial charge in [0, 0.05) is 18.9 Å². The summed E-state index contributed by atoms with van der Waals surface area (Å²) in [6.07, 6.45) is 0.446. The minimum Gasteiger partial charge on any atom is -0.453 e. The summed E-state index contributed by atoms with van der Waals surface area (Å²) in [6.45, 7) is 0. The van der Waals surface area contributed by atoms with E-state index in [0.717, 1.165) is 0 Å². The summed E-state index contributed by atoms with van der Waals surface area (Å²) in [4.78, 5) is 20.9. The average molecular weight is 143 g/mol. The van der Waals surface area contributed by atoms with Gasteiger partial charge in [-0.2, -0.15) is 0 Å². The Morgan fingerprint density at radius 3 is 2.70 bits per heavy atom. The Kier molecular flexibility index (Phi) is 1.89. The molecule has 0 unspecified atom stereocenters. The molecule has 10 heavy (non-hydrogen) atoms. The molecule has 0 saturated heterocycles. The minimum atomic E-state index is -0.461. The molecule has 4 nitrogen and oxygen atoms in total. The number of carbonyl (C=O) groups excluding carboxylic acids is 2. The lowest BCUT2D eigenvalue weighted by Gasteiger charge is -2.23. The number of amides is 1. The van der Waals surface area contributed by atoms with E-state index in [2.05, 4.69) is 10.1 Å². The van der Waals surface area contributed by atoms with Crippen molar-refractivity contribution in [3.63, 3.8) is 0 Å². The molecule has 4 heteroatoms. The Labute approximate surface area is 58.5 Å². The summed E-state index contributed by atoms with van der Waals surface area (Å²) < 4.78 is 4.33. The van der Waals surface area contributed by atoms with Crippen molar-refractivity contribution >= 4 is 11.9 Å². The van der Waals surface area contributed by atoms with E-state index >= 15 is 0 Å². The van der Waals surface area contributed by atoms with E-state index in [4.69, 9.17) is 0 Å². The van der Waals surface area contributed by atoms with Crippen molar-refractivity contribution in [1.82, 2.24) is 5.32 Å². The molecule has 1 aliphatic rings. The topological polar surface area (TPSA) is 55.4 Å². The Morgan fingerprint density at radius 1 is 1.70 bits per heavy atom. The monoisotopic (exact) mass is 143 g/mol. The van der Waals surface area contributed by atoms with Gasteiger partial charge in [0.2, 0.25) is 0 Å². The SMILES string of the molecule is COC(=O)NC1CC(=O)C1. The van der Waals surface area contributed by atoms with Gasteiger partial charge in [0.15, 0.2) is 0 Å². The molecule has 0 radical (unpaired) electrons. The molecule has 0 atom stereocenters. The third-order valence-electron chi connectivity index (χ3n) is 1.46. The number of ketones is 1. The molecule has 1 rings (SSSR count). The van der Waals surface area contributed by atoms with E-state index in [1.807, 2.05) is 0 Å². The van der Waals surface area contributed by atoms with Crippen molar-refractivity contribution in [2.75, 3.05) is 7.11 Å². The van der Waals surface area contributed by atoms with E-state index < -0.39 is 6.09 Å². The molecule has 1 aliphatic carbocycles. The fourth-order valence-corrected chi connectivity index (χ4v) is 0.818. The number of alkyl carbamates (subject to hydrolysis) is 1. The lowest BCUT2D eigenvalue weighted by atomic mass is 9.92. The van der Waals surface area contributed by atoms with Gasteiger partial charge in [0.05, 0.1) is 7.11 Å². The second-order valence-corrected chi connectivity index (χ2v) is 2.28. The maximum absolute atomic E-state index is 10.5. The van der Waals surface area contributed by atoms with Crippen LogP contribution in [-0.4, -0.2) is 25.0 Å². The highest BCUT2D eigenvalue weighted by Gasteiger charge is 2.27. The first-order chi connectivity index (χ1) is 4.72. The smallest absolute Gasteiger partial charge is 0.407 e. The van der Waals surface area contributed by atoms with Gasteiger partial charge in [0.1, 0.15) is 5.78 Å². The molecular formula is C6H9NO3. The summed E-state index contributed by atoms with van der Waals surface area (Å²) in [5.74, 6) is 0.196. The normalized spacial score (nSPS) is 17.9. The number of ether oxygens (including phenoxy) is 1. The van der Waals surface area contributed by atoms with Crippen LogP contribution < -0.4 is 5.32 Å². The van der Waals surface area contributed by atoms with Gasteiger partial charge < -0.3 is 10.1 Å². The molecule has 1 N–H and O–H groups in total. The summed E-state index contributed by atoms with van der Waals surface area (Å²) in [7, 11) is 1.30. The molecule has 0 bridgehead atoms. The molecule has 0 aromatic heterocycles. The molecule has 0 aromatic carbocycles. The van der Waals surface area contributed by atoms with Gasteiger partial charge in [-0.1, -0.05) is 0 Å². The van der Waals surface area contributed by atoms with Crippen molar-refractivity contribution in [2.24, 2.45) is 0 Å². The van der Waals surface area contributed by atoms with Crippen molar-refractivity contribution < 1.29 is 14.3 Å². The molecule has 0 aromatic rings. The van der Waals surface area contributed by atoms with Crippen molar-refractivity contribution in [2.45, 2.75) is 18.9 Å². The van der Waals surface area contributed by atoms with Crippen LogP contribution in [0.1, 0.15) is 12.8 Å². The van der Waals surface area contributed by atoms with Crippen molar-refractivity contribution in [3.05, 3.63) is 0 Å². The predicted octanol–water partition coefficient (Wildman–Crippen LogP) is 0.0739. The van der Waals surface area contributed by atoms with E-state index in [9.17, 15) is 9.59 Å². The van der Waals surface area contributed by atoms with Crippen LogP contribution in [0.15, 0.2) is 0 Å². The molecule has 0 aliphatic heterocycles. The second kappa shape index (κ2) is 2.68. The maximum Gasteiger partial charge on any atom is 0.407 e. The van der Waals surface area contributed by atoms with Crippen LogP contribution in [-0.2, 0) is 9.53 Å². The zero-order chi connectivity index (χ0) is 7.56. The fourth-order valence-electron chi connectivity index (χ4n) is 0.818. The van der Waals surface area contributed by atoms with Crippen molar-refractivity contribution in [3.8, 4) is 0 Å². The largest absolute Gasteiger partial charge is 0.453 e. The Morgan fingerprint density at radius 2 is 2.30 bits per heavy atom. The van der Waals surface area contributed by atoms with Crippen LogP contribution in [0.25, 0.3) is 0 Å². The maximum atomic E-state index is 10.5. The summed E-state index contributed by atoms with van der Waals surface area (Å²) >= 11 is 0. The third kappa shape index (κ3) is 1.46. The van der Waals surface area contributed by atoms with Crippen LogP contribution in [0.2, 0.25) is 0 Å². The first-order valence-corrected chi connectivity index (χ1v) is 3.08. The molecule has 1 amide bonds. The molecule has 56 valence electrons. The highest BCUT2D eigenvalue weighted by atomic mass is 16.5. The first-order valence-electron chi connectivity index (χ1n) is 3.08. The fraction of sp³-hybridized carbons (Fsp3) is 0.667. The highest BCUT2D eigenvalue weighted by Crippen LogP contribution is 2.13. The molecule has 1 fully saturated rings. The third-order valence-corrected chi connectivity index (χ3v) is 1.46. The van der Waals surface area contributed by atoms with Crippen LogP contribution >= 0.6 is 0 Å². The van der Waals surface area contributed by atoms with Crippen LogP contribution in [0.4, 0.5) is 4.79 Å². The summed E-state index contributed by atoms with van der Waals surface area (Å²) in [5.41, 5.74) is 0. The highest BCUT2D eigenvalue weighted by molar-refractivity contribution is 5.87. The Bertz CT molecular complexity index is 158. The number of methoxy groups -OCH3 is 1. The lowest BCUT2D eigenvalue weighted by Crippen LogP contribution is -2.44. The van der Waals surface area contributed by atoms with Gasteiger partial charge >= 0.3 is 6.09 Å². The number of nitrogens with one attached hydrogen (secondary N) is 1. The minimum absolute atomic E-state index is 0.0138. The van der Waals surface area contributed by atoms with Crippen LogP contribution in [0.5, 0.6) is 0 Å². The average Bonchev–Trinajstić information content (AvgIpc) is 1.84. The summed E-state index contributed by atoms with van der Waals surface area (Å²) in [5, 5.41) is 2.51. The Hall–Kier alpha value is -1.06. The lowest BCUT2D eigenvalue weighted by molar-refractivity contribution is -0.124. The molecule has 1 saturated carbocycles. The van der Waals surface area contributed by atoms with Gasteiger partial charge in [-0.15, -0.1) is 0 Å². The summed E-state index contributed by atoms with van der Waals surface area (Å²) in [6, 6.07) is 0.0138. The first kappa shape index (κ1) is 7.05. The molecule has 0 heterocycles. The number of hydrogen-bond donors (Lipinski definition) is 1. The zero-order valence-corrected chi connectivity index (χ0v) is 5.72.